The minimum Gasteiger partial charge on any atom is -0.495 e. The van der Waals surface area contributed by atoms with E-state index in [1.54, 1.807) is 7.11 Å². The van der Waals surface area contributed by atoms with Crippen molar-refractivity contribution in [1.82, 2.24) is 0 Å². The quantitative estimate of drug-likeness (QED) is 0.822. The van der Waals surface area contributed by atoms with Crippen molar-refractivity contribution in [1.29, 1.82) is 0 Å². The monoisotopic (exact) mass is 263 g/mol. The molecular formula is C16H25NO2. The fourth-order valence-electron chi connectivity index (χ4n) is 3.13. The van der Waals surface area contributed by atoms with Gasteiger partial charge in [0.25, 0.3) is 0 Å². The van der Waals surface area contributed by atoms with Crippen molar-refractivity contribution in [2.75, 3.05) is 12.8 Å². The predicted molar refractivity (Wildman–Crippen MR) is 78.0 cm³/mol. The third kappa shape index (κ3) is 2.86. The normalized spacial score (nSPS) is 28.9. The summed E-state index contributed by atoms with van der Waals surface area (Å²) >= 11 is 0. The van der Waals surface area contributed by atoms with E-state index in [0.29, 0.717) is 23.3 Å². The first-order chi connectivity index (χ1) is 9.04. The second-order valence-electron chi connectivity index (χ2n) is 5.94. The number of anilines is 1. The molecule has 1 fully saturated rings. The molecule has 4 atom stereocenters. The van der Waals surface area contributed by atoms with Crippen LogP contribution in [0.3, 0.4) is 0 Å². The number of ether oxygens (including phenoxy) is 1. The van der Waals surface area contributed by atoms with Crippen LogP contribution in [0.25, 0.3) is 0 Å². The van der Waals surface area contributed by atoms with Gasteiger partial charge in [0.05, 0.1) is 18.9 Å². The van der Waals surface area contributed by atoms with Gasteiger partial charge in [-0.25, -0.2) is 0 Å². The average molecular weight is 263 g/mol. The molecule has 0 amide bonds. The zero-order chi connectivity index (χ0) is 14.0. The molecule has 0 heterocycles. The first kappa shape index (κ1) is 14.2. The molecule has 0 saturated heterocycles. The van der Waals surface area contributed by atoms with Gasteiger partial charge in [-0.1, -0.05) is 32.4 Å². The zero-order valence-electron chi connectivity index (χ0n) is 12.1. The molecule has 3 heteroatoms. The summed E-state index contributed by atoms with van der Waals surface area (Å²) in [6.45, 7) is 4.58. The number of hydrogen-bond acceptors (Lipinski definition) is 3. The van der Waals surface area contributed by atoms with Crippen LogP contribution >= 0.6 is 0 Å². The number of nitrogens with two attached hydrogens (primary N) is 1. The topological polar surface area (TPSA) is 55.5 Å². The third-order valence-corrected chi connectivity index (χ3v) is 4.72. The van der Waals surface area contributed by atoms with Gasteiger partial charge in [0.1, 0.15) is 5.75 Å². The van der Waals surface area contributed by atoms with Crippen molar-refractivity contribution < 1.29 is 9.84 Å². The van der Waals surface area contributed by atoms with Crippen LogP contribution in [-0.2, 0) is 0 Å². The SMILES string of the molecule is COc1cccc(C(O)C2CCC(C)C(C)C2)c1N. The van der Waals surface area contributed by atoms with Crippen LogP contribution < -0.4 is 10.5 Å². The lowest BCUT2D eigenvalue weighted by atomic mass is 9.73. The summed E-state index contributed by atoms with van der Waals surface area (Å²) in [5.74, 6) is 2.38. The van der Waals surface area contributed by atoms with Gasteiger partial charge in [-0.15, -0.1) is 0 Å². The van der Waals surface area contributed by atoms with Crippen LogP contribution in [0.4, 0.5) is 5.69 Å². The number of hydrogen-bond donors (Lipinski definition) is 2. The highest BCUT2D eigenvalue weighted by Crippen LogP contribution is 2.42. The van der Waals surface area contributed by atoms with Gasteiger partial charge in [-0.2, -0.15) is 0 Å². The standard InChI is InChI=1S/C16H25NO2/c1-10-7-8-12(9-11(10)2)16(18)13-5-4-6-14(19-3)15(13)17/h4-6,10-12,16,18H,7-9,17H2,1-3H3. The Morgan fingerprint density at radius 1 is 1.26 bits per heavy atom. The van der Waals surface area contributed by atoms with E-state index in [-0.39, 0.29) is 0 Å². The van der Waals surface area contributed by atoms with Crippen LogP contribution in [-0.4, -0.2) is 12.2 Å². The molecule has 19 heavy (non-hydrogen) atoms. The zero-order valence-corrected chi connectivity index (χ0v) is 12.1. The average Bonchev–Trinajstić information content (AvgIpc) is 2.41. The number of methoxy groups -OCH3 is 1. The molecule has 1 aromatic rings. The molecule has 2 rings (SSSR count). The molecule has 4 unspecified atom stereocenters. The van der Waals surface area contributed by atoms with Crippen molar-refractivity contribution >= 4 is 5.69 Å². The number of aliphatic hydroxyl groups excluding tert-OH is 1. The summed E-state index contributed by atoms with van der Waals surface area (Å²) in [6, 6.07) is 5.63. The van der Waals surface area contributed by atoms with Gasteiger partial charge in [0.15, 0.2) is 0 Å². The molecule has 1 aliphatic carbocycles. The highest BCUT2D eigenvalue weighted by atomic mass is 16.5. The van der Waals surface area contributed by atoms with E-state index in [0.717, 1.165) is 24.3 Å². The van der Waals surface area contributed by atoms with Crippen molar-refractivity contribution in [3.8, 4) is 5.75 Å². The second-order valence-corrected chi connectivity index (χ2v) is 5.94. The highest BCUT2D eigenvalue weighted by molar-refractivity contribution is 5.59. The number of nitrogen functional groups attached to an aromatic ring is 1. The maximum absolute atomic E-state index is 10.6. The minimum absolute atomic E-state index is 0.306. The molecule has 1 aliphatic rings. The lowest BCUT2D eigenvalue weighted by molar-refractivity contribution is 0.0565. The Balaban J connectivity index is 2.18. The fraction of sp³-hybridized carbons (Fsp3) is 0.625. The van der Waals surface area contributed by atoms with Crippen molar-refractivity contribution in [2.45, 2.75) is 39.2 Å². The van der Waals surface area contributed by atoms with Gasteiger partial charge in [-0.05, 0) is 36.7 Å². The van der Waals surface area contributed by atoms with Gasteiger partial charge >= 0.3 is 0 Å². The Labute approximate surface area is 115 Å². The van der Waals surface area contributed by atoms with Crippen LogP contribution in [0.5, 0.6) is 5.75 Å². The highest BCUT2D eigenvalue weighted by Gasteiger charge is 2.31. The Morgan fingerprint density at radius 3 is 2.63 bits per heavy atom. The van der Waals surface area contributed by atoms with Gasteiger partial charge < -0.3 is 15.6 Å². The van der Waals surface area contributed by atoms with Crippen molar-refractivity contribution in [3.05, 3.63) is 23.8 Å². The molecule has 3 N–H and O–H groups in total. The lowest BCUT2D eigenvalue weighted by Crippen LogP contribution is -2.25. The smallest absolute Gasteiger partial charge is 0.142 e. The Hall–Kier alpha value is -1.22. The van der Waals surface area contributed by atoms with E-state index in [4.69, 9.17) is 10.5 Å². The second kappa shape index (κ2) is 5.83. The summed E-state index contributed by atoms with van der Waals surface area (Å²) in [5.41, 5.74) is 7.46. The van der Waals surface area contributed by atoms with E-state index >= 15 is 0 Å². The maximum Gasteiger partial charge on any atom is 0.142 e. The summed E-state index contributed by atoms with van der Waals surface area (Å²) in [5, 5.41) is 10.6. The molecular weight excluding hydrogens is 238 g/mol. The van der Waals surface area contributed by atoms with E-state index in [1.165, 1.54) is 6.42 Å². The van der Waals surface area contributed by atoms with Crippen molar-refractivity contribution in [3.63, 3.8) is 0 Å². The van der Waals surface area contributed by atoms with Crippen LogP contribution in [0, 0.1) is 17.8 Å². The molecule has 0 bridgehead atoms. The van der Waals surface area contributed by atoms with E-state index in [9.17, 15) is 5.11 Å². The first-order valence-electron chi connectivity index (χ1n) is 7.15. The molecule has 3 nitrogen and oxygen atoms in total. The molecule has 0 radical (unpaired) electrons. The molecule has 0 aliphatic heterocycles. The summed E-state index contributed by atoms with van der Waals surface area (Å²) in [7, 11) is 1.60. The van der Waals surface area contributed by atoms with Gasteiger partial charge in [0.2, 0.25) is 0 Å². The van der Waals surface area contributed by atoms with Gasteiger partial charge in [0, 0.05) is 5.56 Å². The number of benzene rings is 1. The van der Waals surface area contributed by atoms with E-state index < -0.39 is 6.10 Å². The number of rotatable bonds is 3. The largest absolute Gasteiger partial charge is 0.495 e. The van der Waals surface area contributed by atoms with Crippen molar-refractivity contribution in [2.24, 2.45) is 17.8 Å². The molecule has 1 saturated carbocycles. The van der Waals surface area contributed by atoms with Crippen LogP contribution in [0.1, 0.15) is 44.8 Å². The Kier molecular flexibility index (Phi) is 4.35. The number of aliphatic hydroxyl groups is 1. The van der Waals surface area contributed by atoms with E-state index in [2.05, 4.69) is 13.8 Å². The third-order valence-electron chi connectivity index (χ3n) is 4.72. The van der Waals surface area contributed by atoms with Gasteiger partial charge in [-0.3, -0.25) is 0 Å². The first-order valence-corrected chi connectivity index (χ1v) is 7.15. The number of para-hydroxylation sites is 1. The predicted octanol–water partition coefficient (Wildman–Crippen LogP) is 3.38. The molecule has 0 spiro atoms. The minimum atomic E-state index is -0.481. The maximum atomic E-state index is 10.6. The Bertz CT molecular complexity index is 433. The lowest BCUT2D eigenvalue weighted by Gasteiger charge is -2.35. The molecule has 0 aromatic heterocycles. The fourth-order valence-corrected chi connectivity index (χ4v) is 3.13. The van der Waals surface area contributed by atoms with Crippen LogP contribution in [0.2, 0.25) is 0 Å². The summed E-state index contributed by atoms with van der Waals surface area (Å²) < 4.78 is 5.23. The van der Waals surface area contributed by atoms with Crippen LogP contribution in [0.15, 0.2) is 18.2 Å². The molecule has 106 valence electrons. The molecule has 1 aromatic carbocycles. The van der Waals surface area contributed by atoms with E-state index in [1.807, 2.05) is 18.2 Å². The summed E-state index contributed by atoms with van der Waals surface area (Å²) in [4.78, 5) is 0. The summed E-state index contributed by atoms with van der Waals surface area (Å²) in [6.07, 6.45) is 2.85. The Morgan fingerprint density at radius 2 is 2.00 bits per heavy atom.